The lowest BCUT2D eigenvalue weighted by molar-refractivity contribution is 0.478. The third kappa shape index (κ3) is 4.00. The number of nitrogens with one attached hydrogen (secondary N) is 2. The van der Waals surface area contributed by atoms with Crippen LogP contribution in [0.15, 0.2) is 42.5 Å². The monoisotopic (exact) mass is 326 g/mol. The molecule has 0 aromatic heterocycles. The van der Waals surface area contributed by atoms with Gasteiger partial charge in [0.25, 0.3) is 0 Å². The molecule has 3 nitrogen and oxygen atoms in total. The molecule has 0 amide bonds. The maximum absolute atomic E-state index is 9.82. The average molecular weight is 327 g/mol. The Kier molecular flexibility index (Phi) is 5.06. The lowest BCUT2D eigenvalue weighted by Gasteiger charge is -2.12. The number of thiocarbonyl (C=S) groups is 1. The number of hydrogen-bond acceptors (Lipinski definition) is 2. The zero-order valence-corrected chi connectivity index (χ0v) is 12.7. The molecular formula is C14H12Cl2N2OS. The van der Waals surface area contributed by atoms with Crippen LogP contribution in [-0.2, 0) is 6.54 Å². The summed E-state index contributed by atoms with van der Waals surface area (Å²) in [5.41, 5.74) is 1.47. The minimum atomic E-state index is -0.0834. The summed E-state index contributed by atoms with van der Waals surface area (Å²) in [6, 6.07) is 12.9. The van der Waals surface area contributed by atoms with Crippen LogP contribution in [0.2, 0.25) is 10.0 Å². The van der Waals surface area contributed by atoms with Crippen molar-refractivity contribution in [2.75, 3.05) is 5.32 Å². The van der Waals surface area contributed by atoms with E-state index in [1.54, 1.807) is 6.07 Å². The van der Waals surface area contributed by atoms with Crippen molar-refractivity contribution in [3.05, 3.63) is 58.1 Å². The largest absolute Gasteiger partial charge is 0.504 e. The first-order chi connectivity index (χ1) is 9.56. The number of aromatic hydroxyl groups is 1. The smallest absolute Gasteiger partial charge is 0.171 e. The summed E-state index contributed by atoms with van der Waals surface area (Å²) < 4.78 is 0. The third-order valence-electron chi connectivity index (χ3n) is 2.57. The van der Waals surface area contributed by atoms with Gasteiger partial charge in [-0.25, -0.2) is 0 Å². The molecule has 104 valence electrons. The highest BCUT2D eigenvalue weighted by molar-refractivity contribution is 7.80. The van der Waals surface area contributed by atoms with Gasteiger partial charge in [0.15, 0.2) is 10.9 Å². The van der Waals surface area contributed by atoms with Crippen LogP contribution in [0.4, 0.5) is 5.69 Å². The summed E-state index contributed by atoms with van der Waals surface area (Å²) in [6.45, 7) is 0.585. The van der Waals surface area contributed by atoms with Crippen LogP contribution in [0, 0.1) is 0 Å². The van der Waals surface area contributed by atoms with Gasteiger partial charge in [0.2, 0.25) is 0 Å². The van der Waals surface area contributed by atoms with Crippen molar-refractivity contribution in [2.24, 2.45) is 0 Å². The molecule has 6 heteroatoms. The summed E-state index contributed by atoms with van der Waals surface area (Å²) in [5.74, 6) is -0.0834. The summed E-state index contributed by atoms with van der Waals surface area (Å²) in [7, 11) is 0. The van der Waals surface area contributed by atoms with E-state index in [9.17, 15) is 5.11 Å². The Labute approximate surface area is 132 Å². The first-order valence-electron chi connectivity index (χ1n) is 5.83. The molecule has 3 N–H and O–H groups in total. The summed E-state index contributed by atoms with van der Waals surface area (Å²) in [6.07, 6.45) is 0. The van der Waals surface area contributed by atoms with Gasteiger partial charge in [-0.15, -0.1) is 0 Å². The normalized spacial score (nSPS) is 10.1. The van der Waals surface area contributed by atoms with E-state index < -0.39 is 0 Å². The number of phenolic OH excluding ortho intramolecular Hbond substituents is 1. The zero-order chi connectivity index (χ0) is 14.5. The molecule has 0 aliphatic carbocycles. The van der Waals surface area contributed by atoms with Gasteiger partial charge < -0.3 is 15.7 Å². The maximum Gasteiger partial charge on any atom is 0.171 e. The molecule has 0 heterocycles. The molecule has 2 aromatic rings. The Morgan fingerprint density at radius 2 is 1.85 bits per heavy atom. The van der Waals surface area contributed by atoms with E-state index in [2.05, 4.69) is 10.6 Å². The zero-order valence-electron chi connectivity index (χ0n) is 10.4. The van der Waals surface area contributed by atoms with Gasteiger partial charge >= 0.3 is 0 Å². The van der Waals surface area contributed by atoms with E-state index in [4.69, 9.17) is 35.4 Å². The van der Waals surface area contributed by atoms with Gasteiger partial charge in [0.1, 0.15) is 0 Å². The number of benzene rings is 2. The van der Waals surface area contributed by atoms with Gasteiger partial charge in [-0.1, -0.05) is 53.5 Å². The number of phenols is 1. The molecule has 0 radical (unpaired) electrons. The van der Waals surface area contributed by atoms with Crippen LogP contribution in [0.25, 0.3) is 0 Å². The Balaban J connectivity index is 1.98. The molecule has 2 aromatic carbocycles. The standard InChI is InChI=1S/C14H12Cl2N2OS/c15-10-6-11(16)13(19)12(7-10)18-14(20)17-8-9-4-2-1-3-5-9/h1-7,19H,8H2,(H2,17,18,20). The molecule has 0 spiro atoms. The third-order valence-corrected chi connectivity index (χ3v) is 3.33. The fourth-order valence-electron chi connectivity index (χ4n) is 1.61. The lowest BCUT2D eigenvalue weighted by Crippen LogP contribution is -2.27. The maximum atomic E-state index is 9.82. The van der Waals surface area contributed by atoms with Crippen LogP contribution in [-0.4, -0.2) is 10.2 Å². The van der Waals surface area contributed by atoms with Crippen LogP contribution < -0.4 is 10.6 Å². The van der Waals surface area contributed by atoms with Crippen molar-refractivity contribution < 1.29 is 5.11 Å². The van der Waals surface area contributed by atoms with Crippen LogP contribution in [0.1, 0.15) is 5.56 Å². The molecule has 0 fully saturated rings. The highest BCUT2D eigenvalue weighted by atomic mass is 35.5. The number of halogens is 2. The lowest BCUT2D eigenvalue weighted by atomic mass is 10.2. The van der Waals surface area contributed by atoms with Crippen molar-refractivity contribution >= 4 is 46.2 Å². The molecular weight excluding hydrogens is 315 g/mol. The van der Waals surface area contributed by atoms with E-state index in [1.165, 1.54) is 6.07 Å². The molecule has 0 unspecified atom stereocenters. The second-order valence-electron chi connectivity index (χ2n) is 4.08. The summed E-state index contributed by atoms with van der Waals surface area (Å²) in [5, 5.41) is 16.7. The predicted octanol–water partition coefficient (Wildman–Crippen LogP) is 4.19. The summed E-state index contributed by atoms with van der Waals surface area (Å²) >= 11 is 16.9. The minimum absolute atomic E-state index is 0.0834. The van der Waals surface area contributed by atoms with E-state index in [0.717, 1.165) is 5.56 Å². The van der Waals surface area contributed by atoms with E-state index in [0.29, 0.717) is 22.4 Å². The van der Waals surface area contributed by atoms with Gasteiger partial charge in [0, 0.05) is 11.6 Å². The van der Waals surface area contributed by atoms with Gasteiger partial charge in [-0.3, -0.25) is 0 Å². The molecule has 0 saturated carbocycles. The molecule has 20 heavy (non-hydrogen) atoms. The van der Waals surface area contributed by atoms with Crippen LogP contribution in [0.3, 0.4) is 0 Å². The van der Waals surface area contributed by atoms with Gasteiger partial charge in [-0.05, 0) is 29.9 Å². The fourth-order valence-corrected chi connectivity index (χ4v) is 2.28. The Morgan fingerprint density at radius 1 is 1.15 bits per heavy atom. The predicted molar refractivity (Wildman–Crippen MR) is 87.6 cm³/mol. The van der Waals surface area contributed by atoms with E-state index in [-0.39, 0.29) is 10.8 Å². The van der Waals surface area contributed by atoms with Crippen LogP contribution in [0.5, 0.6) is 5.75 Å². The first-order valence-corrected chi connectivity index (χ1v) is 6.99. The van der Waals surface area contributed by atoms with Gasteiger partial charge in [0.05, 0.1) is 10.7 Å². The van der Waals surface area contributed by atoms with Crippen molar-refractivity contribution in [1.29, 1.82) is 0 Å². The van der Waals surface area contributed by atoms with E-state index >= 15 is 0 Å². The van der Waals surface area contributed by atoms with Crippen molar-refractivity contribution in [1.82, 2.24) is 5.32 Å². The molecule has 0 atom stereocenters. The topological polar surface area (TPSA) is 44.3 Å². The van der Waals surface area contributed by atoms with Crippen molar-refractivity contribution in [3.63, 3.8) is 0 Å². The molecule has 0 saturated heterocycles. The quantitative estimate of drug-likeness (QED) is 0.584. The fraction of sp³-hybridized carbons (Fsp3) is 0.0714. The molecule has 0 aliphatic heterocycles. The molecule has 0 bridgehead atoms. The van der Waals surface area contributed by atoms with Crippen LogP contribution >= 0.6 is 35.4 Å². The SMILES string of the molecule is Oc1c(Cl)cc(Cl)cc1NC(=S)NCc1ccccc1. The van der Waals surface area contributed by atoms with E-state index in [1.807, 2.05) is 30.3 Å². The van der Waals surface area contributed by atoms with Gasteiger partial charge in [-0.2, -0.15) is 0 Å². The van der Waals surface area contributed by atoms with Crippen molar-refractivity contribution in [2.45, 2.75) is 6.54 Å². The molecule has 2 rings (SSSR count). The number of hydrogen-bond donors (Lipinski definition) is 3. The Hall–Kier alpha value is -1.49. The van der Waals surface area contributed by atoms with Crippen molar-refractivity contribution in [3.8, 4) is 5.75 Å². The second-order valence-corrected chi connectivity index (χ2v) is 5.33. The average Bonchev–Trinajstić information content (AvgIpc) is 2.43. The Morgan fingerprint density at radius 3 is 2.55 bits per heavy atom. The number of rotatable bonds is 3. The number of anilines is 1. The highest BCUT2D eigenvalue weighted by Gasteiger charge is 2.09. The second kappa shape index (κ2) is 6.79. The minimum Gasteiger partial charge on any atom is -0.504 e. The molecule has 0 aliphatic rings. The first kappa shape index (κ1) is 14.9. The highest BCUT2D eigenvalue weighted by Crippen LogP contribution is 2.34. The Bertz CT molecular complexity index is 620. The summed E-state index contributed by atoms with van der Waals surface area (Å²) in [4.78, 5) is 0.